The molecule has 4 rings (SSSR count). The standard InChI is InChI=1S/C30H41N5O5S/c1-19-14-23(19)20(2)32-25-15-22(16-26(33-25)35(7)41(8,37)38)27-31-18-24(39-27)30(6,17-21-12-10-9-11-13-21)34-28(36)40-29(3,4)5/h9-13,15-16,18-20,23H,14,17H2,1-8H3,(H,32,33)(H,34,36)/t19-,20-,23-,30+/m0/s1. The Kier molecular flexibility index (Phi) is 8.40. The monoisotopic (exact) mass is 583 g/mol. The van der Waals surface area contributed by atoms with Gasteiger partial charge in [-0.3, -0.25) is 4.31 Å². The van der Waals surface area contributed by atoms with Crippen LogP contribution in [0.2, 0.25) is 0 Å². The molecule has 3 aromatic rings. The Labute approximate surface area is 243 Å². The normalized spacial score (nSPS) is 19.1. The molecule has 1 aromatic carbocycles. The molecule has 10 nitrogen and oxygen atoms in total. The number of hydrogen-bond donors (Lipinski definition) is 2. The van der Waals surface area contributed by atoms with Gasteiger partial charge >= 0.3 is 6.09 Å². The van der Waals surface area contributed by atoms with Gasteiger partial charge in [0.15, 0.2) is 5.76 Å². The highest BCUT2D eigenvalue weighted by molar-refractivity contribution is 7.92. The molecule has 0 radical (unpaired) electrons. The zero-order valence-corrected chi connectivity index (χ0v) is 25.9. The van der Waals surface area contributed by atoms with Crippen molar-refractivity contribution in [3.05, 3.63) is 60.0 Å². The highest BCUT2D eigenvalue weighted by Crippen LogP contribution is 2.41. The van der Waals surface area contributed by atoms with E-state index in [0.717, 1.165) is 22.5 Å². The smallest absolute Gasteiger partial charge is 0.408 e. The third-order valence-electron chi connectivity index (χ3n) is 7.30. The van der Waals surface area contributed by atoms with Gasteiger partial charge in [0.25, 0.3) is 0 Å². The molecule has 1 amide bonds. The molecule has 41 heavy (non-hydrogen) atoms. The summed E-state index contributed by atoms with van der Waals surface area (Å²) in [5.74, 6) is 2.62. The summed E-state index contributed by atoms with van der Waals surface area (Å²) in [4.78, 5) is 22.0. The number of hydrogen-bond acceptors (Lipinski definition) is 8. The van der Waals surface area contributed by atoms with E-state index in [2.05, 4.69) is 34.4 Å². The number of aromatic nitrogens is 2. The van der Waals surface area contributed by atoms with Crippen molar-refractivity contribution < 1.29 is 22.4 Å². The molecule has 0 aliphatic heterocycles. The highest BCUT2D eigenvalue weighted by atomic mass is 32.2. The number of oxazole rings is 1. The van der Waals surface area contributed by atoms with Crippen molar-refractivity contribution in [2.24, 2.45) is 11.8 Å². The van der Waals surface area contributed by atoms with Crippen molar-refractivity contribution >= 4 is 27.8 Å². The van der Waals surface area contributed by atoms with Crippen molar-refractivity contribution in [2.75, 3.05) is 22.9 Å². The summed E-state index contributed by atoms with van der Waals surface area (Å²) in [6, 6.07) is 13.3. The number of pyridine rings is 1. The second kappa shape index (κ2) is 11.3. The molecule has 0 saturated heterocycles. The number of carbonyl (C=O) groups excluding carboxylic acids is 1. The van der Waals surface area contributed by atoms with Crippen LogP contribution in [0.4, 0.5) is 16.4 Å². The molecule has 11 heteroatoms. The Balaban J connectivity index is 1.71. The number of rotatable bonds is 10. The van der Waals surface area contributed by atoms with Crippen LogP contribution in [0.1, 0.15) is 59.3 Å². The molecule has 1 aliphatic carbocycles. The minimum Gasteiger partial charge on any atom is -0.444 e. The zero-order chi connectivity index (χ0) is 30.2. The molecule has 2 aromatic heterocycles. The summed E-state index contributed by atoms with van der Waals surface area (Å²) in [7, 11) is -2.10. The minimum atomic E-state index is -3.56. The van der Waals surface area contributed by atoms with Crippen molar-refractivity contribution in [1.29, 1.82) is 0 Å². The van der Waals surface area contributed by atoms with Gasteiger partial charge in [-0.25, -0.2) is 23.2 Å². The number of nitrogens with zero attached hydrogens (tertiary/aromatic N) is 3. The van der Waals surface area contributed by atoms with E-state index in [-0.39, 0.29) is 17.8 Å². The second-order valence-corrected chi connectivity index (χ2v) is 14.3. The van der Waals surface area contributed by atoms with Gasteiger partial charge in [-0.1, -0.05) is 37.3 Å². The van der Waals surface area contributed by atoms with Crippen LogP contribution >= 0.6 is 0 Å². The van der Waals surface area contributed by atoms with E-state index in [9.17, 15) is 13.2 Å². The van der Waals surface area contributed by atoms with Gasteiger partial charge in [0.2, 0.25) is 15.9 Å². The molecule has 0 spiro atoms. The van der Waals surface area contributed by atoms with Crippen LogP contribution in [-0.2, 0) is 26.7 Å². The molecule has 1 fully saturated rings. The third-order valence-corrected chi connectivity index (χ3v) is 8.48. The number of carbonyl (C=O) groups is 1. The Hall–Kier alpha value is -3.60. The van der Waals surface area contributed by atoms with Crippen molar-refractivity contribution in [2.45, 2.75) is 71.6 Å². The Bertz CT molecular complexity index is 1480. The van der Waals surface area contributed by atoms with Crippen molar-refractivity contribution in [3.8, 4) is 11.5 Å². The van der Waals surface area contributed by atoms with E-state index < -0.39 is 27.3 Å². The average Bonchev–Trinajstić information content (AvgIpc) is 3.38. The van der Waals surface area contributed by atoms with E-state index in [1.807, 2.05) is 37.3 Å². The Morgan fingerprint density at radius 1 is 1.20 bits per heavy atom. The number of sulfonamides is 1. The summed E-state index contributed by atoms with van der Waals surface area (Å²) in [5.41, 5.74) is -0.136. The first-order chi connectivity index (χ1) is 19.0. The maximum Gasteiger partial charge on any atom is 0.408 e. The first kappa shape index (κ1) is 30.4. The number of ether oxygens (including phenoxy) is 1. The lowest BCUT2D eigenvalue weighted by Crippen LogP contribution is -2.47. The third kappa shape index (κ3) is 7.78. The lowest BCUT2D eigenvalue weighted by atomic mass is 9.90. The van der Waals surface area contributed by atoms with Crippen LogP contribution in [-0.4, -0.2) is 49.4 Å². The number of alkyl carbamates (subject to hydrolysis) is 1. The fourth-order valence-corrected chi connectivity index (χ4v) is 5.25. The molecule has 0 unspecified atom stereocenters. The molecule has 0 bridgehead atoms. The second-order valence-electron chi connectivity index (χ2n) is 12.3. The van der Waals surface area contributed by atoms with Crippen LogP contribution in [0.5, 0.6) is 0 Å². The molecule has 1 saturated carbocycles. The fraction of sp³-hybridized carbons (Fsp3) is 0.500. The minimum absolute atomic E-state index is 0.163. The first-order valence-corrected chi connectivity index (χ1v) is 15.6. The predicted octanol–water partition coefficient (Wildman–Crippen LogP) is 5.57. The maximum absolute atomic E-state index is 12.9. The molecule has 2 heterocycles. The highest BCUT2D eigenvalue weighted by Gasteiger charge is 2.38. The van der Waals surface area contributed by atoms with Crippen LogP contribution in [0.15, 0.2) is 53.1 Å². The maximum atomic E-state index is 12.9. The van der Waals surface area contributed by atoms with Gasteiger partial charge < -0.3 is 19.8 Å². The van der Waals surface area contributed by atoms with Crippen molar-refractivity contribution in [1.82, 2.24) is 15.3 Å². The lowest BCUT2D eigenvalue weighted by Gasteiger charge is -2.30. The molecule has 4 atom stereocenters. The van der Waals surface area contributed by atoms with E-state index in [4.69, 9.17) is 9.15 Å². The molecule has 222 valence electrons. The van der Waals surface area contributed by atoms with Gasteiger partial charge in [0, 0.05) is 25.1 Å². The summed E-state index contributed by atoms with van der Waals surface area (Å²) in [5, 5.41) is 6.42. The van der Waals surface area contributed by atoms with E-state index in [1.165, 1.54) is 7.05 Å². The summed E-state index contributed by atoms with van der Waals surface area (Å²) >= 11 is 0. The van der Waals surface area contributed by atoms with Gasteiger partial charge in [0.1, 0.15) is 22.8 Å². The summed E-state index contributed by atoms with van der Waals surface area (Å²) in [6.07, 6.45) is 3.69. The van der Waals surface area contributed by atoms with Crippen LogP contribution in [0, 0.1) is 11.8 Å². The van der Waals surface area contributed by atoms with Crippen LogP contribution < -0.4 is 14.9 Å². The van der Waals surface area contributed by atoms with E-state index >= 15 is 0 Å². The van der Waals surface area contributed by atoms with E-state index in [0.29, 0.717) is 35.4 Å². The fourth-order valence-electron chi connectivity index (χ4n) is 4.82. The van der Waals surface area contributed by atoms with Crippen LogP contribution in [0.25, 0.3) is 11.5 Å². The van der Waals surface area contributed by atoms with Gasteiger partial charge in [-0.2, -0.15) is 0 Å². The van der Waals surface area contributed by atoms with Crippen LogP contribution in [0.3, 0.4) is 0 Å². The van der Waals surface area contributed by atoms with E-state index in [1.54, 1.807) is 39.1 Å². The molecule has 1 aliphatic rings. The largest absolute Gasteiger partial charge is 0.444 e. The van der Waals surface area contributed by atoms with Gasteiger partial charge in [-0.15, -0.1) is 0 Å². The molecular weight excluding hydrogens is 542 g/mol. The quantitative estimate of drug-likeness (QED) is 0.317. The zero-order valence-electron chi connectivity index (χ0n) is 25.1. The predicted molar refractivity (Wildman–Crippen MR) is 160 cm³/mol. The molecular formula is C30H41N5O5S. The lowest BCUT2D eigenvalue weighted by molar-refractivity contribution is 0.0447. The topological polar surface area (TPSA) is 127 Å². The number of amides is 1. The summed E-state index contributed by atoms with van der Waals surface area (Å²) < 4.78 is 37.7. The number of benzene rings is 1. The SMILES string of the molecule is C[C@H](Nc1cc(-c2ncc([C@@](C)(Cc3ccccc3)NC(=O)OC(C)(C)C)o2)cc(N(C)S(C)(=O)=O)n1)[C@H]1C[C@@H]1C. The van der Waals surface area contributed by atoms with Crippen molar-refractivity contribution in [3.63, 3.8) is 0 Å². The van der Waals surface area contributed by atoms with Gasteiger partial charge in [-0.05, 0) is 70.6 Å². The summed E-state index contributed by atoms with van der Waals surface area (Å²) in [6.45, 7) is 11.6. The van der Waals surface area contributed by atoms with Gasteiger partial charge in [0.05, 0.1) is 12.5 Å². The molecule has 2 N–H and O–H groups in total. The Morgan fingerprint density at radius 2 is 1.85 bits per heavy atom. The first-order valence-electron chi connectivity index (χ1n) is 13.8. The number of nitrogens with one attached hydrogen (secondary N) is 2. The number of anilines is 2. The average molecular weight is 584 g/mol. The Morgan fingerprint density at radius 3 is 2.44 bits per heavy atom.